The summed E-state index contributed by atoms with van der Waals surface area (Å²) in [5.74, 6) is 0.824. The van der Waals surface area contributed by atoms with E-state index in [0.717, 1.165) is 53.2 Å². The van der Waals surface area contributed by atoms with Crippen molar-refractivity contribution in [2.24, 2.45) is 10.8 Å². The summed E-state index contributed by atoms with van der Waals surface area (Å²) in [6, 6.07) is 7.89. The van der Waals surface area contributed by atoms with Gasteiger partial charge in [0.15, 0.2) is 11.6 Å². The van der Waals surface area contributed by atoms with Gasteiger partial charge in [-0.25, -0.2) is 0 Å². The Bertz CT molecular complexity index is 969. The second-order valence-corrected chi connectivity index (χ2v) is 10.9. The lowest BCUT2D eigenvalue weighted by Crippen LogP contribution is -2.44. The summed E-state index contributed by atoms with van der Waals surface area (Å²) in [5, 5.41) is 0. The van der Waals surface area contributed by atoms with Gasteiger partial charge in [-0.3, -0.25) is 9.59 Å². The van der Waals surface area contributed by atoms with E-state index < -0.39 is 0 Å². The molecule has 0 saturated carbocycles. The number of carbonyl (C=O) groups is 2. The zero-order valence-electron chi connectivity index (χ0n) is 20.1. The summed E-state index contributed by atoms with van der Waals surface area (Å²) in [4.78, 5) is 29.4. The van der Waals surface area contributed by atoms with E-state index in [4.69, 9.17) is 4.74 Å². The third kappa shape index (κ3) is 3.96. The predicted octanol–water partition coefficient (Wildman–Crippen LogP) is 5.96. The van der Waals surface area contributed by atoms with Gasteiger partial charge in [-0.05, 0) is 48.3 Å². The molecule has 0 saturated heterocycles. The van der Waals surface area contributed by atoms with Crippen molar-refractivity contribution in [1.82, 2.24) is 4.90 Å². The number of ketones is 2. The Kier molecular flexibility index (Phi) is 5.68. The molecule has 1 aromatic rings. The molecule has 0 unspecified atom stereocenters. The summed E-state index contributed by atoms with van der Waals surface area (Å²) in [7, 11) is 0. The van der Waals surface area contributed by atoms with Crippen LogP contribution in [0.5, 0.6) is 5.75 Å². The van der Waals surface area contributed by atoms with Crippen LogP contribution in [0.15, 0.2) is 59.5 Å². The lowest BCUT2D eigenvalue weighted by Gasteiger charge is -2.48. The summed E-state index contributed by atoms with van der Waals surface area (Å²) in [6.45, 7) is 15.7. The number of hydrogen-bond acceptors (Lipinski definition) is 4. The molecule has 0 amide bonds. The molecule has 0 aromatic heterocycles. The molecule has 4 nitrogen and oxygen atoms in total. The quantitative estimate of drug-likeness (QED) is 0.538. The normalized spacial score (nSPS) is 22.6. The maximum atomic E-state index is 13.6. The van der Waals surface area contributed by atoms with E-state index in [0.29, 0.717) is 19.4 Å². The SMILES string of the molecule is C=CCOc1ccc(C2C3=C(CC(C)(C)CC3=O)N(CC)C3=C2C(=O)CC(C)(C)C3)cc1. The Morgan fingerprint density at radius 1 is 0.938 bits per heavy atom. The van der Waals surface area contributed by atoms with E-state index in [9.17, 15) is 9.59 Å². The molecule has 0 fully saturated rings. The number of hydrogen-bond donors (Lipinski definition) is 0. The van der Waals surface area contributed by atoms with Crippen LogP contribution < -0.4 is 4.74 Å². The van der Waals surface area contributed by atoms with Crippen LogP contribution in [0.2, 0.25) is 0 Å². The molecule has 4 rings (SSSR count). The average molecular weight is 434 g/mol. The molecule has 0 radical (unpaired) electrons. The standard InChI is InChI=1S/C28H35NO3/c1-7-13-32-19-11-9-18(10-12-19)24-25-20(14-27(3,4)16-22(25)30)29(8-2)21-15-28(5,6)17-23(31)26(21)24/h7,9-12,24H,1,8,13-17H2,2-6H3. The first-order chi connectivity index (χ1) is 15.1. The molecular formula is C28H35NO3. The maximum absolute atomic E-state index is 13.6. The van der Waals surface area contributed by atoms with Crippen molar-refractivity contribution in [2.45, 2.75) is 66.2 Å². The summed E-state index contributed by atoms with van der Waals surface area (Å²) >= 11 is 0. The fraction of sp³-hybridized carbons (Fsp3) is 0.500. The molecule has 0 bridgehead atoms. The highest BCUT2D eigenvalue weighted by atomic mass is 16.5. The van der Waals surface area contributed by atoms with Crippen LogP contribution in [0.25, 0.3) is 0 Å². The van der Waals surface area contributed by atoms with Gasteiger partial charge in [0.1, 0.15) is 12.4 Å². The molecule has 32 heavy (non-hydrogen) atoms. The first-order valence-corrected chi connectivity index (χ1v) is 11.7. The Morgan fingerprint density at radius 3 is 1.88 bits per heavy atom. The second kappa shape index (κ2) is 8.06. The van der Waals surface area contributed by atoms with Crippen LogP contribution in [-0.4, -0.2) is 29.6 Å². The smallest absolute Gasteiger partial charge is 0.162 e. The van der Waals surface area contributed by atoms with Gasteiger partial charge in [-0.1, -0.05) is 52.5 Å². The molecule has 0 atom stereocenters. The van der Waals surface area contributed by atoms with E-state index in [1.807, 2.05) is 24.3 Å². The molecule has 4 heteroatoms. The van der Waals surface area contributed by atoms with Crippen molar-refractivity contribution in [3.8, 4) is 5.75 Å². The van der Waals surface area contributed by atoms with Gasteiger partial charge >= 0.3 is 0 Å². The van der Waals surface area contributed by atoms with Crippen molar-refractivity contribution in [1.29, 1.82) is 0 Å². The lowest BCUT2D eigenvalue weighted by atomic mass is 9.63. The summed E-state index contributed by atoms with van der Waals surface area (Å²) < 4.78 is 5.66. The van der Waals surface area contributed by atoms with E-state index in [-0.39, 0.29) is 28.3 Å². The third-order valence-corrected chi connectivity index (χ3v) is 6.92. The van der Waals surface area contributed by atoms with Gasteiger partial charge in [0, 0.05) is 47.8 Å². The highest BCUT2D eigenvalue weighted by molar-refractivity contribution is 6.06. The number of nitrogens with zero attached hydrogens (tertiary/aromatic N) is 1. The fourth-order valence-corrected chi connectivity index (χ4v) is 5.67. The highest BCUT2D eigenvalue weighted by Crippen LogP contribution is 2.54. The number of benzene rings is 1. The number of ether oxygens (including phenoxy) is 1. The average Bonchev–Trinajstić information content (AvgIpc) is 2.69. The van der Waals surface area contributed by atoms with Gasteiger partial charge in [0.2, 0.25) is 0 Å². The molecule has 170 valence electrons. The third-order valence-electron chi connectivity index (χ3n) is 6.92. The zero-order chi connectivity index (χ0) is 23.3. The molecule has 1 heterocycles. The largest absolute Gasteiger partial charge is 0.490 e. The number of rotatable bonds is 5. The van der Waals surface area contributed by atoms with Crippen molar-refractivity contribution < 1.29 is 14.3 Å². The van der Waals surface area contributed by atoms with Crippen LogP contribution in [0.4, 0.5) is 0 Å². The Morgan fingerprint density at radius 2 is 1.44 bits per heavy atom. The zero-order valence-corrected chi connectivity index (χ0v) is 20.1. The minimum atomic E-state index is -0.288. The van der Waals surface area contributed by atoms with Gasteiger partial charge in [0.05, 0.1) is 0 Å². The predicted molar refractivity (Wildman–Crippen MR) is 127 cm³/mol. The van der Waals surface area contributed by atoms with E-state index in [1.54, 1.807) is 6.08 Å². The molecule has 0 N–H and O–H groups in total. The number of allylic oxidation sites excluding steroid dienone is 4. The van der Waals surface area contributed by atoms with Crippen molar-refractivity contribution >= 4 is 11.6 Å². The summed E-state index contributed by atoms with van der Waals surface area (Å²) in [5.41, 5.74) is 4.73. The minimum absolute atomic E-state index is 0.0808. The molecule has 0 spiro atoms. The van der Waals surface area contributed by atoms with E-state index in [1.165, 1.54) is 0 Å². The number of carbonyl (C=O) groups excluding carboxylic acids is 2. The van der Waals surface area contributed by atoms with Crippen LogP contribution in [-0.2, 0) is 9.59 Å². The Hall–Kier alpha value is -2.62. The second-order valence-electron chi connectivity index (χ2n) is 10.9. The first-order valence-electron chi connectivity index (χ1n) is 11.7. The van der Waals surface area contributed by atoms with E-state index >= 15 is 0 Å². The minimum Gasteiger partial charge on any atom is -0.490 e. The van der Waals surface area contributed by atoms with Crippen LogP contribution in [0.1, 0.15) is 71.8 Å². The number of Topliss-reactive ketones (excluding diaryl/α,β-unsaturated/α-hetero) is 2. The molecule has 1 aliphatic heterocycles. The van der Waals surface area contributed by atoms with Gasteiger partial charge in [0.25, 0.3) is 0 Å². The highest BCUT2D eigenvalue weighted by Gasteiger charge is 2.48. The molecule has 2 aliphatic carbocycles. The van der Waals surface area contributed by atoms with Crippen molar-refractivity contribution in [3.05, 3.63) is 65.0 Å². The van der Waals surface area contributed by atoms with Crippen molar-refractivity contribution in [3.63, 3.8) is 0 Å². The van der Waals surface area contributed by atoms with Crippen molar-refractivity contribution in [2.75, 3.05) is 13.2 Å². The Labute approximate surface area is 192 Å². The van der Waals surface area contributed by atoms with Gasteiger partial charge < -0.3 is 9.64 Å². The van der Waals surface area contributed by atoms with E-state index in [2.05, 4.69) is 46.1 Å². The van der Waals surface area contributed by atoms with Gasteiger partial charge in [-0.15, -0.1) is 0 Å². The first kappa shape index (κ1) is 22.6. The molecular weight excluding hydrogens is 398 g/mol. The fourth-order valence-electron chi connectivity index (χ4n) is 5.67. The molecule has 3 aliphatic rings. The summed E-state index contributed by atoms with van der Waals surface area (Å²) in [6.07, 6.45) is 4.45. The van der Waals surface area contributed by atoms with Crippen LogP contribution in [0, 0.1) is 10.8 Å². The Balaban J connectivity index is 1.89. The monoisotopic (exact) mass is 433 g/mol. The van der Waals surface area contributed by atoms with Crippen LogP contribution in [0.3, 0.4) is 0 Å². The van der Waals surface area contributed by atoms with Gasteiger partial charge in [-0.2, -0.15) is 0 Å². The molecule has 1 aromatic carbocycles. The maximum Gasteiger partial charge on any atom is 0.162 e. The topological polar surface area (TPSA) is 46.6 Å². The van der Waals surface area contributed by atoms with Crippen LogP contribution >= 0.6 is 0 Å². The lowest BCUT2D eigenvalue weighted by molar-refractivity contribution is -0.119.